The van der Waals surface area contributed by atoms with Gasteiger partial charge in [-0.25, -0.2) is 0 Å². The summed E-state index contributed by atoms with van der Waals surface area (Å²) in [5, 5.41) is 17.3. The molecule has 2 aliphatic rings. The topological polar surface area (TPSA) is 247 Å². The summed E-state index contributed by atoms with van der Waals surface area (Å²) in [6.45, 7) is 40.6. The second-order valence-corrected chi connectivity index (χ2v) is 35.5. The number of benzene rings is 9. The molecule has 13 rings (SSSR count). The van der Waals surface area contributed by atoms with Crippen LogP contribution in [0.5, 0.6) is 46.0 Å². The number of hydrogen-bond donors (Lipinski definition) is 4. The van der Waals surface area contributed by atoms with Crippen LogP contribution in [0.25, 0.3) is 43.1 Å². The lowest BCUT2D eigenvalue weighted by Crippen LogP contribution is -2.52. The van der Waals surface area contributed by atoms with Gasteiger partial charge in [0.2, 0.25) is 11.8 Å². The maximum atomic E-state index is 16.7. The molecule has 0 aliphatic carbocycles. The molecule has 2 aliphatic heterocycles. The van der Waals surface area contributed by atoms with E-state index in [2.05, 4.69) is 118 Å². The fourth-order valence-electron chi connectivity index (χ4n) is 14.7. The maximum absolute atomic E-state index is 16.7. The molecule has 9 aromatic carbocycles. The number of carbonyl (C=O) groups is 8. The first-order valence-corrected chi connectivity index (χ1v) is 40.8. The van der Waals surface area contributed by atoms with Gasteiger partial charge in [0.05, 0.1) is 43.6 Å². The Morgan fingerprint density at radius 2 is 0.638 bits per heavy atom. The van der Waals surface area contributed by atoms with Gasteiger partial charge in [-0.1, -0.05) is 145 Å². The molecule has 4 N–H and O–H groups in total. The SMILES string of the molecule is C=C(C)C(=O)Nc1csc(NC(=O)C(CCCOCC)N2C(=O)c3cc(Oc4ccc(C(C)(C)C)cc4)c4c5c(Oc6ccc(C(C)(C)C)cc6)cc6c7c(cc(Oc8ccc(C(C)(C)C)cc8)c(c8c(Oc9ccc(C(C)(C)C)cc9)cc(c3c48)C2=O)c75)C(=O)N(C(CCCOCC)C(=O)Nc2cc(NC(=O)C(=C)C)cs2)C6=O)c1. The number of hydrogen-bond acceptors (Lipinski definition) is 16. The summed E-state index contributed by atoms with van der Waals surface area (Å²) in [6, 6.07) is 36.8. The lowest BCUT2D eigenvalue weighted by atomic mass is 9.80. The minimum atomic E-state index is -1.48. The van der Waals surface area contributed by atoms with Crippen LogP contribution in [0, 0.1) is 0 Å². The van der Waals surface area contributed by atoms with Crippen LogP contribution in [0.2, 0.25) is 0 Å². The molecule has 0 spiro atoms. The molecule has 0 fully saturated rings. The molecule has 22 heteroatoms. The third kappa shape index (κ3) is 16.8. The number of anilines is 4. The van der Waals surface area contributed by atoms with Crippen molar-refractivity contribution in [1.29, 1.82) is 0 Å². The van der Waals surface area contributed by atoms with Gasteiger partial charge < -0.3 is 49.7 Å². The van der Waals surface area contributed by atoms with Crippen LogP contribution in [-0.4, -0.2) is 95.6 Å². The summed E-state index contributed by atoms with van der Waals surface area (Å²) in [6.07, 6.45) is 0.367. The molecule has 8 amide bonds. The summed E-state index contributed by atoms with van der Waals surface area (Å²) in [7, 11) is 0. The van der Waals surface area contributed by atoms with Crippen molar-refractivity contribution >= 4 is 134 Å². The zero-order valence-corrected chi connectivity index (χ0v) is 70.1. The minimum Gasteiger partial charge on any atom is -0.457 e. The average molecular weight is 1600 g/mol. The second kappa shape index (κ2) is 32.6. The molecule has 0 radical (unpaired) electrons. The van der Waals surface area contributed by atoms with E-state index in [9.17, 15) is 9.59 Å². The zero-order chi connectivity index (χ0) is 83.4. The number of ether oxygens (including phenoxy) is 6. The van der Waals surface area contributed by atoms with Crippen molar-refractivity contribution in [3.8, 4) is 46.0 Å². The summed E-state index contributed by atoms with van der Waals surface area (Å²) in [4.78, 5) is 125. The number of fused-ring (bicyclic) bond motifs is 2. The highest BCUT2D eigenvalue weighted by atomic mass is 32.1. The number of nitrogens with one attached hydrogen (secondary N) is 4. The summed E-state index contributed by atoms with van der Waals surface area (Å²) in [5.74, 6) is -4.11. The first kappa shape index (κ1) is 82.4. The van der Waals surface area contributed by atoms with Gasteiger partial charge in [-0.3, -0.25) is 48.2 Å². The maximum Gasteiger partial charge on any atom is 0.262 e. The molecule has 600 valence electrons. The average Bonchev–Trinajstić information content (AvgIpc) is 0.735. The Morgan fingerprint density at radius 3 is 0.871 bits per heavy atom. The largest absolute Gasteiger partial charge is 0.457 e. The third-order valence-corrected chi connectivity index (χ3v) is 22.6. The van der Waals surface area contributed by atoms with Gasteiger partial charge in [0, 0.05) is 91.4 Å². The highest BCUT2D eigenvalue weighted by molar-refractivity contribution is 7.15. The van der Waals surface area contributed by atoms with Crippen LogP contribution in [0.4, 0.5) is 21.4 Å². The monoisotopic (exact) mass is 1600 g/mol. The van der Waals surface area contributed by atoms with Gasteiger partial charge in [0.25, 0.3) is 35.4 Å². The van der Waals surface area contributed by atoms with Crippen molar-refractivity contribution in [3.05, 3.63) is 213 Å². The van der Waals surface area contributed by atoms with Crippen molar-refractivity contribution in [3.63, 3.8) is 0 Å². The molecule has 0 saturated carbocycles. The number of nitrogens with zero attached hydrogens (tertiary/aromatic N) is 2. The Morgan fingerprint density at radius 1 is 0.379 bits per heavy atom. The Bertz CT molecular complexity index is 5150. The highest BCUT2D eigenvalue weighted by Gasteiger charge is 2.47. The van der Waals surface area contributed by atoms with E-state index in [-0.39, 0.29) is 160 Å². The van der Waals surface area contributed by atoms with Crippen LogP contribution >= 0.6 is 22.7 Å². The van der Waals surface area contributed by atoms with E-state index in [1.807, 2.05) is 111 Å². The predicted molar refractivity (Wildman–Crippen MR) is 461 cm³/mol. The van der Waals surface area contributed by atoms with Crippen molar-refractivity contribution in [1.82, 2.24) is 9.80 Å². The van der Waals surface area contributed by atoms with E-state index in [1.165, 1.54) is 0 Å². The lowest BCUT2D eigenvalue weighted by Gasteiger charge is -2.36. The van der Waals surface area contributed by atoms with E-state index in [0.29, 0.717) is 57.6 Å². The Balaban J connectivity index is 1.16. The van der Waals surface area contributed by atoms with Crippen LogP contribution in [0.3, 0.4) is 0 Å². The van der Waals surface area contributed by atoms with E-state index >= 15 is 28.8 Å². The highest BCUT2D eigenvalue weighted by Crippen LogP contribution is 2.59. The fourth-order valence-corrected chi connectivity index (χ4v) is 16.1. The molecule has 2 unspecified atom stereocenters. The Hall–Kier alpha value is -11.6. The van der Waals surface area contributed by atoms with E-state index < -0.39 is 59.3 Å². The molecule has 0 saturated heterocycles. The van der Waals surface area contributed by atoms with E-state index in [1.54, 1.807) is 61.0 Å². The fraction of sp³-hybridized carbons (Fsp3) is 0.319. The number of carbonyl (C=O) groups excluding carboxylic acids is 8. The molecule has 20 nitrogen and oxygen atoms in total. The predicted octanol–water partition coefficient (Wildman–Crippen LogP) is 22.1. The van der Waals surface area contributed by atoms with E-state index in [0.717, 1.165) is 54.7 Å². The first-order valence-electron chi connectivity index (χ1n) is 39.1. The minimum absolute atomic E-state index is 0.0370. The number of amides is 8. The summed E-state index contributed by atoms with van der Waals surface area (Å²) < 4.78 is 41.3. The van der Waals surface area contributed by atoms with Gasteiger partial charge >= 0.3 is 0 Å². The van der Waals surface area contributed by atoms with Crippen molar-refractivity contribution in [2.24, 2.45) is 0 Å². The van der Waals surface area contributed by atoms with Gasteiger partial charge in [-0.2, -0.15) is 0 Å². The van der Waals surface area contributed by atoms with Crippen molar-refractivity contribution in [2.75, 3.05) is 47.7 Å². The van der Waals surface area contributed by atoms with Gasteiger partial charge in [-0.05, 0) is 182 Å². The molecule has 11 aromatic rings. The van der Waals surface area contributed by atoms with Crippen molar-refractivity contribution < 1.29 is 66.8 Å². The van der Waals surface area contributed by atoms with Gasteiger partial charge in [0.15, 0.2) is 0 Å². The standard InChI is InChI=1S/C94H98N6O14S2/c1-19-109-41-21-23-67(85(103)97-73-43-57(49-115-73)95-83(101)51(3)4)99-87(105)63-45-69(111-59-33-25-53(26-34-59)91(7,8)9)77-79-71(113-61-37-29-55(30-38-61)93(13,14)15)47-65-76-66(90(108)100(89(65)107)68(24-22-42-110-20-2)86(104)98-74-44-58(50-116-74)96-84(102)52(5)6)48-72(114-62-39-31-56(32-40-62)94(16,17)18)80(82(76)79)78-70(46-64(88(99)106)75(63)81(77)78)112-60-35-27-54(28-36-60)92(10,11)12/h25-40,43-50,67-68H,3,5,19-24,41-42H2,1-2,4,6-18H3,(H,95,101)(H,96,102)(H,97,103)(H,98,104). The second-order valence-electron chi connectivity index (χ2n) is 33.7. The molecular formula is C94H98N6O14S2. The molecule has 2 atom stereocenters. The Kier molecular flexibility index (Phi) is 23.2. The van der Waals surface area contributed by atoms with Crippen LogP contribution in [0.1, 0.15) is 200 Å². The lowest BCUT2D eigenvalue weighted by molar-refractivity contribution is -0.120. The quantitative estimate of drug-likeness (QED) is 0.0117. The normalized spacial score (nSPS) is 13.7. The summed E-state index contributed by atoms with van der Waals surface area (Å²) in [5.41, 5.74) is 3.94. The smallest absolute Gasteiger partial charge is 0.262 e. The zero-order valence-electron chi connectivity index (χ0n) is 68.5. The molecular weight excluding hydrogens is 1500 g/mol. The van der Waals surface area contributed by atoms with Crippen LogP contribution in [0.15, 0.2) is 169 Å². The molecule has 116 heavy (non-hydrogen) atoms. The number of rotatable bonds is 28. The molecule has 0 bridgehead atoms. The Labute approximate surface area is 683 Å². The van der Waals surface area contributed by atoms with E-state index in [4.69, 9.17) is 28.4 Å². The first-order chi connectivity index (χ1) is 54.9. The van der Waals surface area contributed by atoms with Crippen LogP contribution in [-0.2, 0) is 50.3 Å². The number of thiophene rings is 2. The third-order valence-electron chi connectivity index (χ3n) is 20.9. The van der Waals surface area contributed by atoms with Crippen LogP contribution < -0.4 is 40.2 Å². The van der Waals surface area contributed by atoms with Gasteiger partial charge in [0.1, 0.15) is 58.1 Å². The summed E-state index contributed by atoms with van der Waals surface area (Å²) >= 11 is 2.27. The van der Waals surface area contributed by atoms with Crippen molar-refractivity contribution in [2.45, 2.75) is 170 Å². The molecule has 2 aromatic heterocycles. The van der Waals surface area contributed by atoms with Gasteiger partial charge in [-0.15, -0.1) is 22.7 Å². The number of imide groups is 2. The molecule has 4 heterocycles.